The minimum atomic E-state index is 0. The van der Waals surface area contributed by atoms with Crippen LogP contribution in [0.15, 0.2) is 58.7 Å². The number of hydrogen-bond acceptors (Lipinski definition) is 1. The fourth-order valence-corrected chi connectivity index (χ4v) is 2.84. The Kier molecular flexibility index (Phi) is 10.6. The van der Waals surface area contributed by atoms with Crippen LogP contribution in [0.5, 0.6) is 0 Å². The van der Waals surface area contributed by atoms with Crippen molar-refractivity contribution in [3.8, 4) is 0 Å². The van der Waals surface area contributed by atoms with Crippen molar-refractivity contribution in [2.24, 2.45) is 5.41 Å². The Balaban J connectivity index is -0.00000147. The van der Waals surface area contributed by atoms with E-state index in [0.717, 1.165) is 5.57 Å². The molecule has 0 aliphatic heterocycles. The molecule has 1 N–H and O–H groups in total. The van der Waals surface area contributed by atoms with Gasteiger partial charge in [-0.2, -0.15) is 0 Å². The molecule has 1 aliphatic carbocycles. The monoisotopic (exact) mass is 328 g/mol. The van der Waals surface area contributed by atoms with Gasteiger partial charge in [0.15, 0.2) is 0 Å². The third kappa shape index (κ3) is 7.46. The van der Waals surface area contributed by atoms with Crippen molar-refractivity contribution in [1.82, 2.24) is 0 Å². The van der Waals surface area contributed by atoms with Crippen LogP contribution in [0.1, 0.15) is 56.7 Å². The van der Waals surface area contributed by atoms with E-state index < -0.39 is 0 Å². The summed E-state index contributed by atoms with van der Waals surface area (Å²) in [6, 6.07) is 0. The average Bonchev–Trinajstić information content (AvgIpc) is 2.37. The Morgan fingerprint density at radius 2 is 1.91 bits per heavy atom. The predicted molar refractivity (Wildman–Crippen MR) is 101 cm³/mol. The van der Waals surface area contributed by atoms with E-state index in [0.29, 0.717) is 5.41 Å². The van der Waals surface area contributed by atoms with Crippen molar-refractivity contribution < 1.29 is 7.96 Å². The molecule has 0 radical (unpaired) electrons. The fraction of sp³-hybridized carbons (Fsp3) is 0.500. The predicted octanol–water partition coefficient (Wildman–Crippen LogP) is 5.35. The number of aliphatic hydroxyl groups excluding tert-OH is 1. The smallest absolute Gasteiger partial charge is 1.00 e. The van der Waals surface area contributed by atoms with E-state index in [1.165, 1.54) is 36.0 Å². The van der Waals surface area contributed by atoms with Gasteiger partial charge in [0.2, 0.25) is 0 Å². The van der Waals surface area contributed by atoms with Gasteiger partial charge in [-0.25, -0.2) is 0 Å². The number of aliphatic hydroxyl groups is 1. The molecular formula is C20H32CaO. The quantitative estimate of drug-likeness (QED) is 0.532. The molecule has 0 aromatic rings. The first kappa shape index (κ1) is 21.9. The van der Waals surface area contributed by atoms with Gasteiger partial charge in [-0.05, 0) is 51.0 Å². The Hall–Kier alpha value is -0.0803. The van der Waals surface area contributed by atoms with Gasteiger partial charge >= 0.3 is 37.7 Å². The summed E-state index contributed by atoms with van der Waals surface area (Å²) in [5.74, 6) is 0. The van der Waals surface area contributed by atoms with E-state index in [4.69, 9.17) is 5.11 Å². The second-order valence-electron chi connectivity index (χ2n) is 6.67. The number of hydrogen-bond donors (Lipinski definition) is 1. The molecule has 0 unspecified atom stereocenters. The van der Waals surface area contributed by atoms with Crippen molar-refractivity contribution in [1.29, 1.82) is 0 Å². The Morgan fingerprint density at radius 1 is 1.23 bits per heavy atom. The fourth-order valence-electron chi connectivity index (χ4n) is 2.84. The standard InChI is InChI=1S/C20H30O.Ca.2H/c1-16(8-6-9-17(2)13-15-21)11-12-19-18(3)10-7-14-20(19,4)5;;;/h6,8-9,11-13,21H,7,10,14-15H2,1-5H3;;;/q;+2;2*-1/b9-6+,12-11+,16-8+,17-13+;;;. The molecule has 0 aromatic carbocycles. The van der Waals surface area contributed by atoms with Crippen molar-refractivity contribution in [2.45, 2.75) is 53.9 Å². The molecule has 2 heteroatoms. The minimum Gasteiger partial charge on any atom is -1.00 e. The summed E-state index contributed by atoms with van der Waals surface area (Å²) in [5, 5.41) is 8.81. The van der Waals surface area contributed by atoms with Gasteiger partial charge in [-0.15, -0.1) is 0 Å². The number of allylic oxidation sites excluding steroid dienone is 9. The van der Waals surface area contributed by atoms with Crippen LogP contribution in [0.4, 0.5) is 0 Å². The van der Waals surface area contributed by atoms with Crippen LogP contribution in [-0.4, -0.2) is 49.5 Å². The molecule has 0 aromatic heterocycles. The molecule has 1 aliphatic rings. The second kappa shape index (κ2) is 10.6. The van der Waals surface area contributed by atoms with E-state index in [1.54, 1.807) is 6.08 Å². The van der Waals surface area contributed by atoms with Gasteiger partial charge in [-0.1, -0.05) is 67.0 Å². The van der Waals surface area contributed by atoms with Crippen LogP contribution < -0.4 is 0 Å². The maximum atomic E-state index is 8.81. The van der Waals surface area contributed by atoms with Gasteiger partial charge in [0.1, 0.15) is 0 Å². The van der Waals surface area contributed by atoms with E-state index in [2.05, 4.69) is 45.9 Å². The summed E-state index contributed by atoms with van der Waals surface area (Å²) in [6.07, 6.45) is 16.3. The Morgan fingerprint density at radius 3 is 2.50 bits per heavy atom. The van der Waals surface area contributed by atoms with E-state index >= 15 is 0 Å². The van der Waals surface area contributed by atoms with E-state index in [1.807, 2.05) is 19.1 Å². The molecule has 0 saturated heterocycles. The summed E-state index contributed by atoms with van der Waals surface area (Å²) in [6.45, 7) is 11.2. The molecule has 0 heterocycles. The topological polar surface area (TPSA) is 20.2 Å². The first-order valence-electron chi connectivity index (χ1n) is 7.87. The third-order valence-electron chi connectivity index (χ3n) is 4.19. The molecular weight excluding hydrogens is 296 g/mol. The molecule has 0 fully saturated rings. The molecule has 120 valence electrons. The van der Waals surface area contributed by atoms with E-state index in [9.17, 15) is 0 Å². The zero-order valence-electron chi connectivity index (χ0n) is 16.9. The molecule has 0 bridgehead atoms. The molecule has 1 rings (SSSR count). The SMILES string of the molecule is CC1=C(/C=C/C(C)=C/C=C/C(C)=C/CO)C(C)(C)CCC1.[Ca+2].[H-].[H-]. The van der Waals surface area contributed by atoms with Gasteiger partial charge in [0, 0.05) is 0 Å². The van der Waals surface area contributed by atoms with Crippen molar-refractivity contribution in [3.63, 3.8) is 0 Å². The zero-order chi connectivity index (χ0) is 15.9. The third-order valence-corrected chi connectivity index (χ3v) is 4.19. The molecule has 0 amide bonds. The Labute approximate surface area is 169 Å². The zero-order valence-corrected chi connectivity index (χ0v) is 17.2. The van der Waals surface area contributed by atoms with Crippen molar-refractivity contribution in [2.75, 3.05) is 6.61 Å². The van der Waals surface area contributed by atoms with Gasteiger partial charge < -0.3 is 7.96 Å². The first-order valence-corrected chi connectivity index (χ1v) is 7.87. The summed E-state index contributed by atoms with van der Waals surface area (Å²) in [5.41, 5.74) is 5.66. The maximum Gasteiger partial charge on any atom is 2.00 e. The maximum absolute atomic E-state index is 8.81. The molecule has 0 spiro atoms. The summed E-state index contributed by atoms with van der Waals surface area (Å²) < 4.78 is 0. The van der Waals surface area contributed by atoms with Crippen LogP contribution in [0.25, 0.3) is 0 Å². The second-order valence-corrected chi connectivity index (χ2v) is 6.67. The van der Waals surface area contributed by atoms with Gasteiger partial charge in [-0.3, -0.25) is 0 Å². The van der Waals surface area contributed by atoms with Crippen LogP contribution in [0, 0.1) is 5.41 Å². The van der Waals surface area contributed by atoms with E-state index in [-0.39, 0.29) is 47.2 Å². The van der Waals surface area contributed by atoms with Gasteiger partial charge in [0.25, 0.3) is 0 Å². The Bertz CT molecular complexity index is 512. The molecule has 0 saturated carbocycles. The van der Waals surface area contributed by atoms with Crippen LogP contribution >= 0.6 is 0 Å². The minimum absolute atomic E-state index is 0. The summed E-state index contributed by atoms with van der Waals surface area (Å²) in [4.78, 5) is 0. The largest absolute Gasteiger partial charge is 2.00 e. The van der Waals surface area contributed by atoms with Crippen LogP contribution in [-0.2, 0) is 0 Å². The van der Waals surface area contributed by atoms with Crippen LogP contribution in [0.3, 0.4) is 0 Å². The van der Waals surface area contributed by atoms with Crippen LogP contribution in [0.2, 0.25) is 0 Å². The van der Waals surface area contributed by atoms with Gasteiger partial charge in [0.05, 0.1) is 6.61 Å². The molecule has 22 heavy (non-hydrogen) atoms. The molecule has 1 nitrogen and oxygen atoms in total. The summed E-state index contributed by atoms with van der Waals surface area (Å²) in [7, 11) is 0. The first-order chi connectivity index (χ1) is 9.86. The average molecular weight is 329 g/mol. The molecule has 0 atom stereocenters. The number of rotatable bonds is 5. The summed E-state index contributed by atoms with van der Waals surface area (Å²) >= 11 is 0. The normalized spacial score (nSPS) is 19.9. The van der Waals surface area contributed by atoms with Crippen molar-refractivity contribution >= 4 is 37.7 Å². The van der Waals surface area contributed by atoms with Crippen molar-refractivity contribution in [3.05, 3.63) is 58.7 Å².